The zero-order valence-corrected chi connectivity index (χ0v) is 12.5. The van der Waals surface area contributed by atoms with Crippen LogP contribution in [0.2, 0.25) is 0 Å². The van der Waals surface area contributed by atoms with Gasteiger partial charge in [-0.3, -0.25) is 0 Å². The maximum absolute atomic E-state index is 4.65. The Morgan fingerprint density at radius 3 is 2.67 bits per heavy atom. The number of hydrogen-bond donors (Lipinski definition) is 1. The van der Waals surface area contributed by atoms with Gasteiger partial charge < -0.3 is 10.2 Å². The first-order valence-electron chi connectivity index (χ1n) is 7.07. The molecule has 2 heterocycles. The van der Waals surface area contributed by atoms with Gasteiger partial charge in [-0.05, 0) is 51.4 Å². The second kappa shape index (κ2) is 7.37. The molecule has 0 saturated carbocycles. The van der Waals surface area contributed by atoms with E-state index in [0.29, 0.717) is 6.04 Å². The molecule has 1 aliphatic heterocycles. The number of aryl methyl sites for hydroxylation is 2. The van der Waals surface area contributed by atoms with E-state index in [1.165, 1.54) is 18.4 Å². The number of pyridine rings is 1. The van der Waals surface area contributed by atoms with Gasteiger partial charge in [-0.15, -0.1) is 0 Å². The largest absolute Gasteiger partial charge is 0.352 e. The van der Waals surface area contributed by atoms with Gasteiger partial charge >= 0.3 is 0 Å². The third-order valence-electron chi connectivity index (χ3n) is 3.20. The van der Waals surface area contributed by atoms with E-state index in [0.717, 1.165) is 24.6 Å². The molecule has 0 aliphatic carbocycles. The molecule has 0 amide bonds. The summed E-state index contributed by atoms with van der Waals surface area (Å²) in [7, 11) is 2.02. The maximum atomic E-state index is 4.65. The van der Waals surface area contributed by atoms with Crippen LogP contribution in [0, 0.1) is 13.8 Å². The molecule has 1 aromatic rings. The minimum Gasteiger partial charge on any atom is -0.352 e. The summed E-state index contributed by atoms with van der Waals surface area (Å²) in [6.45, 7) is 10.4. The highest BCUT2D eigenvalue weighted by molar-refractivity contribution is 5.44. The second-order valence-electron chi connectivity index (χ2n) is 4.69. The molecule has 0 aromatic carbocycles. The van der Waals surface area contributed by atoms with E-state index in [1.807, 2.05) is 20.9 Å². The summed E-state index contributed by atoms with van der Waals surface area (Å²) in [6, 6.07) is 4.94. The van der Waals surface area contributed by atoms with E-state index in [2.05, 4.69) is 41.2 Å². The molecule has 1 saturated heterocycles. The number of aromatic nitrogens is 1. The number of rotatable bonds is 3. The molecule has 18 heavy (non-hydrogen) atoms. The summed E-state index contributed by atoms with van der Waals surface area (Å²) in [5.74, 6) is 1.15. The summed E-state index contributed by atoms with van der Waals surface area (Å²) in [5, 5.41) is 3.27. The van der Waals surface area contributed by atoms with Crippen LogP contribution >= 0.6 is 0 Å². The molecule has 1 aromatic heterocycles. The Morgan fingerprint density at radius 1 is 1.33 bits per heavy atom. The zero-order valence-electron chi connectivity index (χ0n) is 12.5. The highest BCUT2D eigenvalue weighted by Gasteiger charge is 2.24. The van der Waals surface area contributed by atoms with Crippen molar-refractivity contribution in [3.63, 3.8) is 0 Å². The summed E-state index contributed by atoms with van der Waals surface area (Å²) >= 11 is 0. The van der Waals surface area contributed by atoms with Gasteiger partial charge in [-0.25, -0.2) is 4.98 Å². The molecule has 0 spiro atoms. The average molecular weight is 249 g/mol. The molecule has 1 N–H and O–H groups in total. The lowest BCUT2D eigenvalue weighted by molar-refractivity contribution is 0.611. The highest BCUT2D eigenvalue weighted by Crippen LogP contribution is 2.24. The van der Waals surface area contributed by atoms with Gasteiger partial charge in [-0.1, -0.05) is 13.8 Å². The van der Waals surface area contributed by atoms with Crippen LogP contribution in [0.3, 0.4) is 0 Å². The fourth-order valence-electron chi connectivity index (χ4n) is 2.55. The van der Waals surface area contributed by atoms with Crippen molar-refractivity contribution in [2.45, 2.75) is 46.6 Å². The fraction of sp³-hybridized carbons (Fsp3) is 0.667. The highest BCUT2D eigenvalue weighted by atomic mass is 15.2. The van der Waals surface area contributed by atoms with Gasteiger partial charge in [0.2, 0.25) is 0 Å². The second-order valence-corrected chi connectivity index (χ2v) is 4.69. The number of nitrogens with zero attached hydrogens (tertiary/aromatic N) is 2. The Hall–Kier alpha value is -1.09. The van der Waals surface area contributed by atoms with E-state index in [-0.39, 0.29) is 0 Å². The Morgan fingerprint density at radius 2 is 2.06 bits per heavy atom. The predicted molar refractivity (Wildman–Crippen MR) is 79.4 cm³/mol. The summed E-state index contributed by atoms with van der Waals surface area (Å²) < 4.78 is 0. The van der Waals surface area contributed by atoms with Crippen LogP contribution in [0.5, 0.6) is 0 Å². The number of anilines is 1. The Labute approximate surface area is 112 Å². The average Bonchev–Trinajstić information content (AvgIpc) is 2.79. The predicted octanol–water partition coefficient (Wildman–Crippen LogP) is 2.91. The first-order chi connectivity index (χ1) is 8.70. The molecule has 3 heteroatoms. The van der Waals surface area contributed by atoms with Crippen molar-refractivity contribution in [2.75, 3.05) is 25.0 Å². The van der Waals surface area contributed by atoms with Crippen LogP contribution in [-0.4, -0.2) is 31.2 Å². The number of nitrogens with one attached hydrogen (secondary N) is 1. The van der Waals surface area contributed by atoms with Gasteiger partial charge in [0.15, 0.2) is 0 Å². The summed E-state index contributed by atoms with van der Waals surface area (Å²) in [6.07, 6.45) is 2.55. The Kier molecular flexibility index (Phi) is 6.13. The van der Waals surface area contributed by atoms with Crippen LogP contribution in [-0.2, 0) is 0 Å². The monoisotopic (exact) mass is 249 g/mol. The van der Waals surface area contributed by atoms with Crippen molar-refractivity contribution in [3.8, 4) is 0 Å². The van der Waals surface area contributed by atoms with Crippen LogP contribution in [0.15, 0.2) is 12.1 Å². The molecular weight excluding hydrogens is 222 g/mol. The third kappa shape index (κ3) is 3.70. The molecule has 1 aliphatic rings. The lowest BCUT2D eigenvalue weighted by Gasteiger charge is -2.26. The van der Waals surface area contributed by atoms with Crippen molar-refractivity contribution in [1.29, 1.82) is 0 Å². The first-order valence-corrected chi connectivity index (χ1v) is 7.07. The fourth-order valence-corrected chi connectivity index (χ4v) is 2.55. The Balaban J connectivity index is 0.000000771. The van der Waals surface area contributed by atoms with Crippen molar-refractivity contribution in [1.82, 2.24) is 10.3 Å². The summed E-state index contributed by atoms with van der Waals surface area (Å²) in [5.41, 5.74) is 2.42. The van der Waals surface area contributed by atoms with Crippen molar-refractivity contribution in [2.24, 2.45) is 0 Å². The standard InChI is InChI=1S/C13H21N3.C2H6/c1-10-7-11(2)15-13(8-10)16-6-4-5-12(16)9-14-3;1-2/h7-8,12,14H,4-6,9H2,1-3H3;1-2H3. The van der Waals surface area contributed by atoms with Gasteiger partial charge in [0.25, 0.3) is 0 Å². The molecule has 1 atom stereocenters. The SMILES string of the molecule is CC.CNCC1CCCN1c1cc(C)cc(C)n1. The number of hydrogen-bond acceptors (Lipinski definition) is 3. The molecule has 0 bridgehead atoms. The van der Waals surface area contributed by atoms with E-state index in [4.69, 9.17) is 0 Å². The molecular formula is C15H27N3. The van der Waals surface area contributed by atoms with E-state index < -0.39 is 0 Å². The van der Waals surface area contributed by atoms with Crippen molar-refractivity contribution < 1.29 is 0 Å². The van der Waals surface area contributed by atoms with Crippen LogP contribution < -0.4 is 10.2 Å². The summed E-state index contributed by atoms with van der Waals surface area (Å²) in [4.78, 5) is 7.09. The lowest BCUT2D eigenvalue weighted by atomic mass is 10.2. The normalized spacial score (nSPS) is 18.5. The third-order valence-corrected chi connectivity index (χ3v) is 3.20. The van der Waals surface area contributed by atoms with E-state index in [1.54, 1.807) is 0 Å². The maximum Gasteiger partial charge on any atom is 0.129 e. The Bertz CT molecular complexity index is 343. The quantitative estimate of drug-likeness (QED) is 0.893. The molecule has 0 radical (unpaired) electrons. The molecule has 3 nitrogen and oxygen atoms in total. The lowest BCUT2D eigenvalue weighted by Crippen LogP contribution is -2.37. The number of likely N-dealkylation sites (N-methyl/N-ethyl adjacent to an activating group) is 1. The zero-order chi connectivity index (χ0) is 13.5. The van der Waals surface area contributed by atoms with Crippen LogP contribution in [0.25, 0.3) is 0 Å². The molecule has 2 rings (SSSR count). The minimum atomic E-state index is 0.610. The topological polar surface area (TPSA) is 28.2 Å². The smallest absolute Gasteiger partial charge is 0.129 e. The van der Waals surface area contributed by atoms with Gasteiger partial charge in [0.05, 0.1) is 0 Å². The van der Waals surface area contributed by atoms with E-state index in [9.17, 15) is 0 Å². The van der Waals surface area contributed by atoms with Gasteiger partial charge in [0.1, 0.15) is 5.82 Å². The van der Waals surface area contributed by atoms with Crippen LogP contribution in [0.1, 0.15) is 37.9 Å². The van der Waals surface area contributed by atoms with Gasteiger partial charge in [-0.2, -0.15) is 0 Å². The van der Waals surface area contributed by atoms with Crippen molar-refractivity contribution >= 4 is 5.82 Å². The minimum absolute atomic E-state index is 0.610. The molecule has 102 valence electrons. The first kappa shape index (κ1) is 15.0. The van der Waals surface area contributed by atoms with Crippen molar-refractivity contribution in [3.05, 3.63) is 23.4 Å². The van der Waals surface area contributed by atoms with Crippen LogP contribution in [0.4, 0.5) is 5.82 Å². The van der Waals surface area contributed by atoms with Gasteiger partial charge in [0, 0.05) is 24.8 Å². The molecule has 1 unspecified atom stereocenters. The van der Waals surface area contributed by atoms with E-state index >= 15 is 0 Å². The molecule has 1 fully saturated rings.